The molecular weight excluding hydrogens is 329 g/mol. The smallest absolute Gasteiger partial charge is 0.418 e. The third kappa shape index (κ3) is 6.64. The Labute approximate surface area is 147 Å². The van der Waals surface area contributed by atoms with Gasteiger partial charge >= 0.3 is 6.18 Å². The summed E-state index contributed by atoms with van der Waals surface area (Å²) in [6, 6.07) is 5.91. The molecule has 0 fully saturated rings. The van der Waals surface area contributed by atoms with Gasteiger partial charge in [-0.25, -0.2) is 0 Å². The molecule has 1 atom stereocenters. The number of anilines is 1. The van der Waals surface area contributed by atoms with Crippen LogP contribution in [-0.4, -0.2) is 12.1 Å². The molecule has 0 amide bonds. The Kier molecular flexibility index (Phi) is 7.74. The predicted octanol–water partition coefficient (Wildman–Crippen LogP) is 5.59. The SMILES string of the molecule is CCCC(C)c1cncc(OC)c1.Cc1ccc(N)c(C(F)(F)F)c1. The molecule has 0 aliphatic rings. The van der Waals surface area contributed by atoms with Crippen LogP contribution in [0.4, 0.5) is 18.9 Å². The number of methoxy groups -OCH3 is 1. The van der Waals surface area contributed by atoms with E-state index in [4.69, 9.17) is 10.5 Å². The highest BCUT2D eigenvalue weighted by atomic mass is 19.4. The van der Waals surface area contributed by atoms with Gasteiger partial charge in [0.1, 0.15) is 5.75 Å². The number of nitrogens with zero attached hydrogens (tertiary/aromatic N) is 1. The number of rotatable bonds is 4. The molecule has 2 aromatic rings. The van der Waals surface area contributed by atoms with Gasteiger partial charge in [0.25, 0.3) is 0 Å². The highest BCUT2D eigenvalue weighted by Gasteiger charge is 2.32. The lowest BCUT2D eigenvalue weighted by Crippen LogP contribution is -2.08. The minimum absolute atomic E-state index is 0.229. The van der Waals surface area contributed by atoms with Gasteiger partial charge in [-0.05, 0) is 43.0 Å². The van der Waals surface area contributed by atoms with Crippen molar-refractivity contribution in [3.63, 3.8) is 0 Å². The highest BCUT2D eigenvalue weighted by Crippen LogP contribution is 2.33. The largest absolute Gasteiger partial charge is 0.495 e. The van der Waals surface area contributed by atoms with Crippen molar-refractivity contribution in [1.29, 1.82) is 0 Å². The summed E-state index contributed by atoms with van der Waals surface area (Å²) in [7, 11) is 1.67. The number of ether oxygens (including phenoxy) is 1. The van der Waals surface area contributed by atoms with Crippen molar-refractivity contribution < 1.29 is 17.9 Å². The molecule has 25 heavy (non-hydrogen) atoms. The average Bonchev–Trinajstić information content (AvgIpc) is 2.57. The molecule has 2 N–H and O–H groups in total. The van der Waals surface area contributed by atoms with Crippen molar-refractivity contribution in [3.8, 4) is 5.75 Å². The van der Waals surface area contributed by atoms with Crippen molar-refractivity contribution in [3.05, 3.63) is 53.3 Å². The van der Waals surface area contributed by atoms with Gasteiger partial charge in [0.15, 0.2) is 0 Å². The normalized spacial score (nSPS) is 12.1. The Bertz CT molecular complexity index is 672. The third-order valence-electron chi connectivity index (χ3n) is 3.77. The maximum absolute atomic E-state index is 12.1. The van der Waals surface area contributed by atoms with Crippen molar-refractivity contribution in [1.82, 2.24) is 4.98 Å². The molecular formula is C19H25F3N2O. The molecule has 1 aromatic carbocycles. The van der Waals surface area contributed by atoms with E-state index in [1.54, 1.807) is 26.3 Å². The molecule has 138 valence electrons. The Morgan fingerprint density at radius 1 is 1.20 bits per heavy atom. The number of benzene rings is 1. The molecule has 0 bridgehead atoms. The van der Waals surface area contributed by atoms with E-state index in [-0.39, 0.29) is 5.69 Å². The van der Waals surface area contributed by atoms with E-state index in [0.717, 1.165) is 11.8 Å². The first kappa shape index (κ1) is 20.8. The summed E-state index contributed by atoms with van der Waals surface area (Å²) in [5.74, 6) is 1.42. The van der Waals surface area contributed by atoms with Crippen molar-refractivity contribution in [2.45, 2.75) is 45.7 Å². The van der Waals surface area contributed by atoms with Crippen LogP contribution in [0.2, 0.25) is 0 Å². The Morgan fingerprint density at radius 3 is 2.40 bits per heavy atom. The summed E-state index contributed by atoms with van der Waals surface area (Å²) < 4.78 is 41.6. The van der Waals surface area contributed by atoms with E-state index in [9.17, 15) is 13.2 Å². The topological polar surface area (TPSA) is 48.1 Å². The van der Waals surface area contributed by atoms with Gasteiger partial charge in [-0.2, -0.15) is 13.2 Å². The fourth-order valence-corrected chi connectivity index (χ4v) is 2.33. The van der Waals surface area contributed by atoms with Gasteiger partial charge < -0.3 is 10.5 Å². The Balaban J connectivity index is 0.000000251. The predicted molar refractivity (Wildman–Crippen MR) is 94.7 cm³/mol. The summed E-state index contributed by atoms with van der Waals surface area (Å²) in [5.41, 5.74) is 5.98. The summed E-state index contributed by atoms with van der Waals surface area (Å²) in [4.78, 5) is 4.13. The zero-order valence-electron chi connectivity index (χ0n) is 15.0. The molecule has 0 spiro atoms. The van der Waals surface area contributed by atoms with E-state index in [0.29, 0.717) is 11.5 Å². The number of hydrogen-bond acceptors (Lipinski definition) is 3. The fraction of sp³-hybridized carbons (Fsp3) is 0.421. The molecule has 0 saturated carbocycles. The fourth-order valence-electron chi connectivity index (χ4n) is 2.33. The summed E-state index contributed by atoms with van der Waals surface area (Å²) in [6.45, 7) is 6.01. The summed E-state index contributed by atoms with van der Waals surface area (Å²) in [5, 5.41) is 0. The number of pyridine rings is 1. The van der Waals surface area contributed by atoms with Crippen molar-refractivity contribution in [2.75, 3.05) is 12.8 Å². The molecule has 3 nitrogen and oxygen atoms in total. The quantitative estimate of drug-likeness (QED) is 0.728. The summed E-state index contributed by atoms with van der Waals surface area (Å²) in [6.07, 6.45) is 1.72. The molecule has 0 aliphatic heterocycles. The monoisotopic (exact) mass is 354 g/mol. The second-order valence-corrected chi connectivity index (χ2v) is 5.94. The number of nitrogens with two attached hydrogens (primary N) is 1. The van der Waals surface area contributed by atoms with E-state index in [1.807, 2.05) is 6.20 Å². The highest BCUT2D eigenvalue weighted by molar-refractivity contribution is 5.49. The van der Waals surface area contributed by atoms with Crippen LogP contribution in [0.5, 0.6) is 5.75 Å². The van der Waals surface area contributed by atoms with Gasteiger partial charge in [0.05, 0.1) is 18.9 Å². The van der Waals surface area contributed by atoms with E-state index in [2.05, 4.69) is 24.9 Å². The van der Waals surface area contributed by atoms with Crippen LogP contribution in [-0.2, 0) is 6.18 Å². The van der Waals surface area contributed by atoms with Crippen molar-refractivity contribution >= 4 is 5.69 Å². The van der Waals surface area contributed by atoms with Crippen LogP contribution < -0.4 is 10.5 Å². The number of halogens is 3. The number of alkyl halides is 3. The van der Waals surface area contributed by atoms with E-state index in [1.165, 1.54) is 24.5 Å². The van der Waals surface area contributed by atoms with Gasteiger partial charge in [0.2, 0.25) is 0 Å². The molecule has 1 aromatic heterocycles. The zero-order chi connectivity index (χ0) is 19.0. The molecule has 0 radical (unpaired) electrons. The standard InChI is InChI=1S/C11H17NO.C8H8F3N/c1-4-5-9(2)10-6-11(13-3)8-12-7-10;1-5-2-3-7(12)6(4-5)8(9,10)11/h6-9H,4-5H2,1-3H3;2-4H,12H2,1H3. The summed E-state index contributed by atoms with van der Waals surface area (Å²) >= 11 is 0. The van der Waals surface area contributed by atoms with Crippen LogP contribution in [0.25, 0.3) is 0 Å². The van der Waals surface area contributed by atoms with Crippen LogP contribution in [0.15, 0.2) is 36.7 Å². The second-order valence-electron chi connectivity index (χ2n) is 5.94. The number of hydrogen-bond donors (Lipinski definition) is 1. The van der Waals surface area contributed by atoms with Gasteiger partial charge in [-0.3, -0.25) is 4.98 Å². The van der Waals surface area contributed by atoms with Crippen LogP contribution in [0.3, 0.4) is 0 Å². The van der Waals surface area contributed by atoms with Crippen molar-refractivity contribution in [2.24, 2.45) is 0 Å². The van der Waals surface area contributed by atoms with Gasteiger partial charge in [-0.15, -0.1) is 0 Å². The van der Waals surface area contributed by atoms with Crippen LogP contribution in [0.1, 0.15) is 49.3 Å². The van der Waals surface area contributed by atoms with E-state index >= 15 is 0 Å². The number of aryl methyl sites for hydroxylation is 1. The lowest BCUT2D eigenvalue weighted by Gasteiger charge is -2.10. The first-order valence-electron chi connectivity index (χ1n) is 8.11. The Morgan fingerprint density at radius 2 is 1.88 bits per heavy atom. The van der Waals surface area contributed by atoms with Crippen LogP contribution >= 0.6 is 0 Å². The molecule has 1 unspecified atom stereocenters. The minimum atomic E-state index is -4.35. The maximum Gasteiger partial charge on any atom is 0.418 e. The number of aromatic nitrogens is 1. The van der Waals surface area contributed by atoms with Gasteiger partial charge in [-0.1, -0.05) is 31.9 Å². The average molecular weight is 354 g/mol. The second kappa shape index (κ2) is 9.30. The number of nitrogen functional groups attached to an aromatic ring is 1. The molecule has 6 heteroatoms. The third-order valence-corrected chi connectivity index (χ3v) is 3.77. The maximum atomic E-state index is 12.1. The zero-order valence-corrected chi connectivity index (χ0v) is 15.0. The Hall–Kier alpha value is -2.24. The molecule has 2 rings (SSSR count). The van der Waals surface area contributed by atoms with Gasteiger partial charge in [0, 0.05) is 11.9 Å². The molecule has 1 heterocycles. The molecule has 0 saturated heterocycles. The van der Waals surface area contributed by atoms with E-state index < -0.39 is 11.7 Å². The lowest BCUT2D eigenvalue weighted by molar-refractivity contribution is -0.136. The first-order chi connectivity index (χ1) is 11.7. The first-order valence-corrected chi connectivity index (χ1v) is 8.11. The molecule has 0 aliphatic carbocycles. The lowest BCUT2D eigenvalue weighted by atomic mass is 9.98. The van der Waals surface area contributed by atoms with Crippen LogP contribution in [0, 0.1) is 6.92 Å². The minimum Gasteiger partial charge on any atom is -0.495 e.